The van der Waals surface area contributed by atoms with Gasteiger partial charge in [0.1, 0.15) is 16.5 Å². The van der Waals surface area contributed by atoms with Gasteiger partial charge in [0.2, 0.25) is 0 Å². The van der Waals surface area contributed by atoms with Crippen LogP contribution in [-0.4, -0.2) is 35.2 Å². The Bertz CT molecular complexity index is 1110. The molecule has 4 rings (SSSR count). The van der Waals surface area contributed by atoms with Crippen LogP contribution >= 0.6 is 22.9 Å². The van der Waals surface area contributed by atoms with E-state index in [2.05, 4.69) is 32.9 Å². The van der Waals surface area contributed by atoms with Crippen molar-refractivity contribution < 1.29 is 9.59 Å². The van der Waals surface area contributed by atoms with E-state index in [4.69, 9.17) is 11.6 Å². The van der Waals surface area contributed by atoms with Gasteiger partial charge in [-0.1, -0.05) is 23.7 Å². The normalized spacial score (nSPS) is 15.3. The SMILES string of the molecule is CC1CN=C(c2ccc(C(=O)Nc3ccsc3C(=O)Nc3ccc(Cl)cn3)cc2)N1. The molecule has 1 unspecified atom stereocenters. The second-order valence-electron chi connectivity index (χ2n) is 6.75. The maximum absolute atomic E-state index is 12.7. The fraction of sp³-hybridized carbons (Fsp3) is 0.143. The zero-order valence-electron chi connectivity index (χ0n) is 16.0. The molecule has 152 valence electrons. The third kappa shape index (κ3) is 4.50. The van der Waals surface area contributed by atoms with Gasteiger partial charge in [-0.2, -0.15) is 0 Å². The molecule has 0 saturated heterocycles. The smallest absolute Gasteiger partial charge is 0.269 e. The summed E-state index contributed by atoms with van der Waals surface area (Å²) < 4.78 is 0. The van der Waals surface area contributed by atoms with Crippen LogP contribution in [0.25, 0.3) is 0 Å². The summed E-state index contributed by atoms with van der Waals surface area (Å²) in [6, 6.07) is 12.4. The number of nitrogens with one attached hydrogen (secondary N) is 3. The zero-order valence-corrected chi connectivity index (χ0v) is 17.6. The first-order chi connectivity index (χ1) is 14.5. The van der Waals surface area contributed by atoms with Crippen molar-refractivity contribution >= 4 is 52.1 Å². The van der Waals surface area contributed by atoms with Crippen molar-refractivity contribution in [2.75, 3.05) is 17.2 Å². The lowest BCUT2D eigenvalue weighted by Gasteiger charge is -2.09. The van der Waals surface area contributed by atoms with Gasteiger partial charge in [0, 0.05) is 23.4 Å². The average Bonchev–Trinajstić information content (AvgIpc) is 3.39. The van der Waals surface area contributed by atoms with Gasteiger partial charge in [0.15, 0.2) is 0 Å². The van der Waals surface area contributed by atoms with Gasteiger partial charge in [-0.15, -0.1) is 11.3 Å². The van der Waals surface area contributed by atoms with Crippen LogP contribution in [0.1, 0.15) is 32.5 Å². The molecule has 3 heterocycles. The standard InChI is InChI=1S/C21H18ClN5O2S/c1-12-10-24-19(25-12)13-2-4-14(5-3-13)20(28)26-16-8-9-30-18(16)21(29)27-17-7-6-15(22)11-23-17/h2-9,11-12H,10H2,1H3,(H,24,25)(H,26,28)(H,23,27,29). The average molecular weight is 440 g/mol. The summed E-state index contributed by atoms with van der Waals surface area (Å²) in [6.07, 6.45) is 1.45. The molecule has 0 fully saturated rings. The molecular weight excluding hydrogens is 422 g/mol. The summed E-state index contributed by atoms with van der Waals surface area (Å²) in [5.41, 5.74) is 1.86. The third-order valence-electron chi connectivity index (χ3n) is 4.42. The van der Waals surface area contributed by atoms with E-state index in [0.29, 0.717) is 33.0 Å². The molecule has 9 heteroatoms. The summed E-state index contributed by atoms with van der Waals surface area (Å²) in [7, 11) is 0. The molecule has 2 amide bonds. The molecule has 0 saturated carbocycles. The summed E-state index contributed by atoms with van der Waals surface area (Å²) in [4.78, 5) is 34.1. The first-order valence-corrected chi connectivity index (χ1v) is 10.5. The first kappa shape index (κ1) is 20.1. The Labute approximate surface area is 182 Å². The van der Waals surface area contributed by atoms with E-state index in [1.807, 2.05) is 12.1 Å². The number of rotatable bonds is 5. The first-order valence-electron chi connectivity index (χ1n) is 9.23. The van der Waals surface area contributed by atoms with E-state index in [9.17, 15) is 9.59 Å². The quantitative estimate of drug-likeness (QED) is 0.559. The molecule has 30 heavy (non-hydrogen) atoms. The Morgan fingerprint density at radius 1 is 1.10 bits per heavy atom. The highest BCUT2D eigenvalue weighted by atomic mass is 35.5. The fourth-order valence-electron chi connectivity index (χ4n) is 2.91. The summed E-state index contributed by atoms with van der Waals surface area (Å²) in [5.74, 6) is 0.559. The molecule has 1 aromatic carbocycles. The number of amides is 2. The van der Waals surface area contributed by atoms with Gasteiger partial charge < -0.3 is 16.0 Å². The second kappa shape index (κ2) is 8.64. The maximum atomic E-state index is 12.7. The molecular formula is C21H18ClN5O2S. The highest BCUT2D eigenvalue weighted by Crippen LogP contribution is 2.24. The van der Waals surface area contributed by atoms with Crippen LogP contribution < -0.4 is 16.0 Å². The zero-order chi connectivity index (χ0) is 21.1. The number of aliphatic imine (C=N–C) groups is 1. The van der Waals surface area contributed by atoms with E-state index in [0.717, 1.165) is 17.9 Å². The molecule has 3 N–H and O–H groups in total. The number of carbonyl (C=O) groups is 2. The number of thiophene rings is 1. The van der Waals surface area contributed by atoms with E-state index in [-0.39, 0.29) is 11.8 Å². The van der Waals surface area contributed by atoms with E-state index < -0.39 is 0 Å². The number of carbonyl (C=O) groups excluding carboxylic acids is 2. The van der Waals surface area contributed by atoms with Crippen LogP contribution in [-0.2, 0) is 0 Å². The summed E-state index contributed by atoms with van der Waals surface area (Å²) >= 11 is 7.04. The van der Waals surface area contributed by atoms with E-state index >= 15 is 0 Å². The van der Waals surface area contributed by atoms with Crippen molar-refractivity contribution in [2.45, 2.75) is 13.0 Å². The molecule has 0 bridgehead atoms. The number of nitrogens with zero attached hydrogens (tertiary/aromatic N) is 2. The number of halogens is 1. The molecule has 0 spiro atoms. The lowest BCUT2D eigenvalue weighted by Crippen LogP contribution is -2.27. The minimum Gasteiger partial charge on any atom is -0.366 e. The molecule has 1 aliphatic heterocycles. The predicted octanol–water partition coefficient (Wildman–Crippen LogP) is 4.04. The van der Waals surface area contributed by atoms with Crippen molar-refractivity contribution in [3.63, 3.8) is 0 Å². The molecule has 0 aliphatic carbocycles. The predicted molar refractivity (Wildman–Crippen MR) is 120 cm³/mol. The van der Waals surface area contributed by atoms with Crippen LogP contribution in [0.5, 0.6) is 0 Å². The van der Waals surface area contributed by atoms with Crippen LogP contribution in [0.3, 0.4) is 0 Å². The van der Waals surface area contributed by atoms with Crippen molar-refractivity contribution in [3.05, 3.63) is 75.1 Å². The Kier molecular flexibility index (Phi) is 5.78. The van der Waals surface area contributed by atoms with E-state index in [1.165, 1.54) is 17.5 Å². The highest BCUT2D eigenvalue weighted by molar-refractivity contribution is 7.12. The van der Waals surface area contributed by atoms with Gasteiger partial charge in [-0.25, -0.2) is 4.98 Å². The number of hydrogen-bond acceptors (Lipinski definition) is 6. The van der Waals surface area contributed by atoms with Gasteiger partial charge in [0.05, 0.1) is 17.3 Å². The van der Waals surface area contributed by atoms with Crippen molar-refractivity contribution in [2.24, 2.45) is 4.99 Å². The van der Waals surface area contributed by atoms with Gasteiger partial charge in [-0.3, -0.25) is 14.6 Å². The number of pyridine rings is 1. The maximum Gasteiger partial charge on any atom is 0.269 e. The van der Waals surface area contributed by atoms with Crippen molar-refractivity contribution in [3.8, 4) is 0 Å². The number of anilines is 2. The van der Waals surface area contributed by atoms with Crippen molar-refractivity contribution in [1.82, 2.24) is 10.3 Å². The molecule has 7 nitrogen and oxygen atoms in total. The third-order valence-corrected chi connectivity index (χ3v) is 5.55. The lowest BCUT2D eigenvalue weighted by atomic mass is 10.1. The lowest BCUT2D eigenvalue weighted by molar-refractivity contribution is 0.102. The second-order valence-corrected chi connectivity index (χ2v) is 8.10. The number of hydrogen-bond donors (Lipinski definition) is 3. The molecule has 2 aromatic heterocycles. The Hall–Kier alpha value is -3.23. The largest absolute Gasteiger partial charge is 0.366 e. The molecule has 1 aliphatic rings. The van der Waals surface area contributed by atoms with Crippen LogP contribution in [0, 0.1) is 0 Å². The summed E-state index contributed by atoms with van der Waals surface area (Å²) in [5, 5.41) is 11.0. The van der Waals surface area contributed by atoms with Crippen LogP contribution in [0.4, 0.5) is 11.5 Å². The van der Waals surface area contributed by atoms with E-state index in [1.54, 1.807) is 35.7 Å². The Morgan fingerprint density at radius 2 is 1.90 bits per heavy atom. The van der Waals surface area contributed by atoms with Crippen molar-refractivity contribution in [1.29, 1.82) is 0 Å². The Morgan fingerprint density at radius 3 is 2.57 bits per heavy atom. The number of amidine groups is 1. The van der Waals surface area contributed by atoms with Crippen LogP contribution in [0.15, 0.2) is 59.0 Å². The topological polar surface area (TPSA) is 95.5 Å². The Balaban J connectivity index is 1.43. The monoisotopic (exact) mass is 439 g/mol. The summed E-state index contributed by atoms with van der Waals surface area (Å²) in [6.45, 7) is 2.81. The fourth-order valence-corrected chi connectivity index (χ4v) is 3.76. The number of benzene rings is 1. The van der Waals surface area contributed by atoms with Gasteiger partial charge in [-0.05, 0) is 42.6 Å². The minimum absolute atomic E-state index is 0.298. The molecule has 3 aromatic rings. The number of aromatic nitrogens is 1. The molecule has 0 radical (unpaired) electrons. The van der Waals surface area contributed by atoms with Gasteiger partial charge in [0.25, 0.3) is 11.8 Å². The molecule has 1 atom stereocenters. The van der Waals surface area contributed by atoms with Gasteiger partial charge >= 0.3 is 0 Å². The van der Waals surface area contributed by atoms with Crippen LogP contribution in [0.2, 0.25) is 5.02 Å². The minimum atomic E-state index is -0.357. The highest BCUT2D eigenvalue weighted by Gasteiger charge is 2.18.